The van der Waals surface area contributed by atoms with Gasteiger partial charge in [0, 0.05) is 59.7 Å². The number of carbonyl (C=O) groups excluding carboxylic acids is 10. The molecular weight excluding hydrogens is 1260 g/mol. The molecule has 93 heavy (non-hydrogen) atoms. The number of esters is 5. The maximum atomic E-state index is 16.1. The number of allylic oxidation sites excluding steroid dienone is 1. The number of fused-ring (bicyclic) bond motifs is 6. The molecule has 7 N–H and O–H groups in total. The van der Waals surface area contributed by atoms with E-state index < -0.39 is 143 Å². The summed E-state index contributed by atoms with van der Waals surface area (Å²) in [4.78, 5) is 140. The molecule has 2 aromatic carbocycles. The van der Waals surface area contributed by atoms with Gasteiger partial charge in [-0.15, -0.1) is 0 Å². The zero-order valence-electron chi connectivity index (χ0n) is 54.0. The Balaban J connectivity index is 0.975. The van der Waals surface area contributed by atoms with Gasteiger partial charge in [-0.2, -0.15) is 11.8 Å². The summed E-state index contributed by atoms with van der Waals surface area (Å²) in [5, 5.41) is 35.4. The fourth-order valence-corrected chi connectivity index (χ4v) is 17.5. The molecule has 24 nitrogen and oxygen atoms in total. The van der Waals surface area contributed by atoms with E-state index in [2.05, 4.69) is 26.8 Å². The second-order valence-corrected chi connectivity index (χ2v) is 30.7. The van der Waals surface area contributed by atoms with Gasteiger partial charge < -0.3 is 59.3 Å². The molecule has 0 unspecified atom stereocenters. The number of ether oxygens (including phenoxy) is 7. The molecule has 3 heterocycles. The van der Waals surface area contributed by atoms with Crippen LogP contribution in [-0.4, -0.2) is 165 Å². The molecule has 0 spiro atoms. The Kier molecular flexibility index (Phi) is 21.8. The summed E-state index contributed by atoms with van der Waals surface area (Å²) in [6, 6.07) is 13.3. The van der Waals surface area contributed by atoms with Gasteiger partial charge in [0.25, 0.3) is 0 Å². The van der Waals surface area contributed by atoms with Gasteiger partial charge >= 0.3 is 42.0 Å². The van der Waals surface area contributed by atoms with Crippen molar-refractivity contribution in [1.29, 1.82) is 0 Å². The molecule has 2 bridgehead atoms. The number of rotatable bonds is 23. The minimum Gasteiger partial charge on any atom is -0.455 e. The first kappa shape index (κ1) is 70.7. The molecular formula is C66H85N5O19S3. The summed E-state index contributed by atoms with van der Waals surface area (Å²) < 4.78 is 43.3. The number of ketones is 1. The van der Waals surface area contributed by atoms with Crippen LogP contribution in [0.15, 0.2) is 82.3 Å². The Morgan fingerprint density at radius 2 is 1.58 bits per heavy atom. The minimum atomic E-state index is -2.51. The van der Waals surface area contributed by atoms with Crippen LogP contribution in [-0.2, 0) is 73.1 Å². The normalized spacial score (nSPS) is 29.6. The second-order valence-electron chi connectivity index (χ2n) is 27.0. The summed E-state index contributed by atoms with van der Waals surface area (Å²) in [6.45, 7) is 15.1. The van der Waals surface area contributed by atoms with E-state index in [9.17, 15) is 48.6 Å². The molecule has 14 atom stereocenters. The maximum absolute atomic E-state index is 16.1. The third kappa shape index (κ3) is 15.5. The van der Waals surface area contributed by atoms with Crippen molar-refractivity contribution in [3.63, 3.8) is 0 Å². The summed E-state index contributed by atoms with van der Waals surface area (Å²) >= 11 is 1.80. The van der Waals surface area contributed by atoms with Crippen LogP contribution in [0.4, 0.5) is 9.59 Å². The minimum absolute atomic E-state index is 0.0300. The van der Waals surface area contributed by atoms with Crippen LogP contribution in [0.5, 0.6) is 0 Å². The van der Waals surface area contributed by atoms with Gasteiger partial charge in [-0.3, -0.25) is 39.6 Å². The highest BCUT2D eigenvalue weighted by atomic mass is 33.1. The lowest BCUT2D eigenvalue weighted by Gasteiger charge is -2.67. The number of amides is 5. The van der Waals surface area contributed by atoms with Crippen molar-refractivity contribution >= 4 is 92.9 Å². The molecule has 3 aliphatic heterocycles. The van der Waals surface area contributed by atoms with Crippen molar-refractivity contribution in [1.82, 2.24) is 26.8 Å². The van der Waals surface area contributed by atoms with Gasteiger partial charge in [0.1, 0.15) is 29.5 Å². The Labute approximate surface area is 552 Å². The number of thioether (sulfide) groups is 1. The zero-order valence-corrected chi connectivity index (χ0v) is 56.4. The molecule has 4 aliphatic carbocycles. The standard InChI is InChI=1S/C66H85N5O19S3/c1-34(2)28-40(68-61(82)90-62(5,6)7)52(86-49(76)29-39-20-14-15-21-43(39)93-92-27-26-48(75)71-70-47(74)23-17-16-22-44-51-41(32-91-44)67-60(81)69-51)59(80)85-42-31-66(83)56(88-58(79)37-18-12-11-13-19-37)54-64(10,45(73)30-46-65(54,33-84-46)89-36(4)72)55(77)53(87-57(78)38-24-25-38)50(35(42)3)63(66,8)9/h11-15,18-21,28,38,40-42,44-46,51-54,56,73,83H,16-17,22-27,29-33H2,1-10H3,(H,68,82)(H,70,74)(H,71,75)(H2,67,69,81)/t40-,41-,42-,44-,45-,46+,51-,52+,53+,54-,56-,64+,65-,66+/m0/s1. The highest BCUT2D eigenvalue weighted by molar-refractivity contribution is 8.76. The molecule has 7 aliphatic rings. The smallest absolute Gasteiger partial charge is 0.408 e. The van der Waals surface area contributed by atoms with Crippen LogP contribution in [0.1, 0.15) is 143 Å². The Morgan fingerprint density at radius 3 is 2.24 bits per heavy atom. The maximum Gasteiger partial charge on any atom is 0.408 e. The number of carbonyl (C=O) groups is 10. The lowest BCUT2D eigenvalue weighted by molar-refractivity contribution is -0.346. The molecule has 3 saturated carbocycles. The second kappa shape index (κ2) is 28.7. The molecule has 9 rings (SSSR count). The number of hydrogen-bond donors (Lipinski definition) is 7. The average molecular weight is 1350 g/mol. The van der Waals surface area contributed by atoms with Crippen molar-refractivity contribution in [3.8, 4) is 0 Å². The van der Waals surface area contributed by atoms with Gasteiger partial charge in [0.05, 0.1) is 60.1 Å². The number of nitrogens with one attached hydrogen (secondary N) is 5. The third-order valence-electron chi connectivity index (χ3n) is 18.6. The Bertz CT molecular complexity index is 3300. The van der Waals surface area contributed by atoms with E-state index in [0.717, 1.165) is 25.5 Å². The number of Topliss-reactive ketones (excluding diaryl/α,β-unsaturated/α-hetero) is 1. The van der Waals surface area contributed by atoms with E-state index in [4.69, 9.17) is 33.2 Å². The number of hydrazine groups is 1. The van der Waals surface area contributed by atoms with Gasteiger partial charge in [0.15, 0.2) is 17.5 Å². The third-order valence-corrected chi connectivity index (χ3v) is 22.6. The Hall–Kier alpha value is -6.65. The monoisotopic (exact) mass is 1350 g/mol. The van der Waals surface area contributed by atoms with Crippen LogP contribution >= 0.6 is 33.3 Å². The summed E-state index contributed by atoms with van der Waals surface area (Å²) in [7, 11) is 2.59. The molecule has 27 heteroatoms. The van der Waals surface area contributed by atoms with E-state index >= 15 is 9.59 Å². The zero-order chi connectivity index (χ0) is 67.5. The van der Waals surface area contributed by atoms with E-state index in [1.807, 2.05) is 0 Å². The number of benzene rings is 2. The number of unbranched alkanes of at least 4 members (excludes halogenated alkanes) is 1. The highest BCUT2D eigenvalue weighted by Crippen LogP contribution is 2.65. The van der Waals surface area contributed by atoms with Gasteiger partial charge in [0.2, 0.25) is 17.9 Å². The predicted molar refractivity (Wildman–Crippen MR) is 341 cm³/mol. The first-order valence-electron chi connectivity index (χ1n) is 31.5. The van der Waals surface area contributed by atoms with Crippen LogP contribution in [0.3, 0.4) is 0 Å². The largest absolute Gasteiger partial charge is 0.455 e. The van der Waals surface area contributed by atoms with Crippen molar-refractivity contribution in [2.24, 2.45) is 22.7 Å². The molecule has 5 amide bonds. The summed E-state index contributed by atoms with van der Waals surface area (Å²) in [5.41, 5.74) is -3.22. The molecule has 2 aromatic rings. The molecule has 6 fully saturated rings. The number of urea groups is 1. The molecule has 506 valence electrons. The number of aliphatic hydroxyl groups is 2. The quantitative estimate of drug-likeness (QED) is 0.0117. The predicted octanol–water partition coefficient (Wildman–Crippen LogP) is 6.61. The van der Waals surface area contributed by atoms with E-state index in [1.165, 1.54) is 53.6 Å². The van der Waals surface area contributed by atoms with Crippen LogP contribution in [0.2, 0.25) is 0 Å². The van der Waals surface area contributed by atoms with Crippen molar-refractivity contribution < 1.29 is 91.3 Å². The van der Waals surface area contributed by atoms with E-state index in [0.29, 0.717) is 41.0 Å². The summed E-state index contributed by atoms with van der Waals surface area (Å²) in [6.07, 6.45) is -7.58. The first-order chi connectivity index (χ1) is 43.9. The van der Waals surface area contributed by atoms with Crippen molar-refractivity contribution in [2.45, 2.75) is 215 Å². The number of aliphatic hydroxyl groups excluding tert-OH is 1. The summed E-state index contributed by atoms with van der Waals surface area (Å²) in [5.74, 6) is -7.43. The first-order valence-corrected chi connectivity index (χ1v) is 34.8. The van der Waals surface area contributed by atoms with Crippen molar-refractivity contribution in [3.05, 3.63) is 88.5 Å². The van der Waals surface area contributed by atoms with Crippen molar-refractivity contribution in [2.75, 3.05) is 18.1 Å². The average Bonchev–Trinajstić information content (AvgIpc) is 0.676. The fourth-order valence-electron chi connectivity index (χ4n) is 13.7. The van der Waals surface area contributed by atoms with E-state index in [-0.39, 0.29) is 71.9 Å². The van der Waals surface area contributed by atoms with E-state index in [1.54, 1.807) is 103 Å². The van der Waals surface area contributed by atoms with Crippen LogP contribution in [0, 0.1) is 22.7 Å². The molecule has 3 saturated heterocycles. The SMILES string of the molecule is CC(=O)O[C@@]12CO[C@@H]1C[C@H](O)[C@@]1(C)C(=O)[C@H](OC(=O)C3CC3)C3=C(C)[C@@H](OC(=O)[C@H](OC(=O)Cc4ccccc4SSCCC(=O)NNC(=O)CCCC[C@@H]4SC[C@@H]5NC(=O)N[C@@H]54)[C@H](C=C(C)C)NC(=O)OC(C)(C)C)C[C@@](O)([C@@H](OC(=O)c4ccccc4)[C@H]21)C3(C)C. The molecule has 0 aromatic heterocycles. The van der Waals surface area contributed by atoms with Crippen LogP contribution in [0.25, 0.3) is 0 Å². The lowest BCUT2D eigenvalue weighted by atomic mass is 9.44. The van der Waals surface area contributed by atoms with Gasteiger partial charge in [-0.05, 0) is 109 Å². The lowest BCUT2D eigenvalue weighted by Crippen LogP contribution is -2.82. The number of hydrogen-bond acceptors (Lipinski definition) is 22. The highest BCUT2D eigenvalue weighted by Gasteiger charge is 2.78. The fraction of sp³-hybridized carbons (Fsp3) is 0.606. The number of alkyl carbamates (subject to hydrolysis) is 1. The topological polar surface area (TPSA) is 336 Å². The van der Waals surface area contributed by atoms with Gasteiger partial charge in [-0.25, -0.2) is 19.2 Å². The van der Waals surface area contributed by atoms with Gasteiger partial charge in [-0.1, -0.05) is 89.9 Å². The van der Waals surface area contributed by atoms with Crippen LogP contribution < -0.4 is 26.8 Å². The Morgan fingerprint density at radius 1 is 0.892 bits per heavy atom. The molecule has 0 radical (unpaired) electrons.